The highest BCUT2D eigenvalue weighted by Crippen LogP contribution is 2.24. The average Bonchev–Trinajstić information content (AvgIpc) is 2.15. The maximum absolute atomic E-state index is 5.24. The lowest BCUT2D eigenvalue weighted by atomic mass is 10.1. The first-order valence-electron chi connectivity index (χ1n) is 4.62. The quantitative estimate of drug-likeness (QED) is 0.684. The summed E-state index contributed by atoms with van der Waals surface area (Å²) in [5, 5.41) is 2.26. The first kappa shape index (κ1) is 9.00. The lowest BCUT2D eigenvalue weighted by Gasteiger charge is -2.06. The van der Waals surface area contributed by atoms with Crippen molar-refractivity contribution in [2.45, 2.75) is 13.8 Å². The summed E-state index contributed by atoms with van der Waals surface area (Å²) >= 11 is 0. The molecule has 0 aliphatic heterocycles. The Hall–Kier alpha value is -1.57. The predicted molar refractivity (Wildman–Crippen MR) is 57.8 cm³/mol. The van der Waals surface area contributed by atoms with Crippen molar-refractivity contribution in [1.82, 2.24) is 4.98 Å². The molecular formula is C12H13NO. The molecule has 2 nitrogen and oxygen atoms in total. The molecule has 0 bridgehead atoms. The smallest absolute Gasteiger partial charge is 0.221 e. The monoisotopic (exact) mass is 187 g/mol. The molecule has 72 valence electrons. The van der Waals surface area contributed by atoms with Gasteiger partial charge in [-0.3, -0.25) is 0 Å². The van der Waals surface area contributed by atoms with E-state index in [4.69, 9.17) is 4.74 Å². The number of aryl methyl sites for hydroxylation is 2. The van der Waals surface area contributed by atoms with E-state index in [1.165, 1.54) is 10.9 Å². The van der Waals surface area contributed by atoms with Crippen molar-refractivity contribution >= 4 is 10.8 Å². The first-order valence-corrected chi connectivity index (χ1v) is 4.62. The van der Waals surface area contributed by atoms with Gasteiger partial charge in [0.1, 0.15) is 0 Å². The van der Waals surface area contributed by atoms with Crippen molar-refractivity contribution in [3.63, 3.8) is 0 Å². The molecule has 0 aliphatic rings. The fourth-order valence-corrected chi connectivity index (χ4v) is 1.63. The van der Waals surface area contributed by atoms with Gasteiger partial charge < -0.3 is 4.74 Å². The summed E-state index contributed by atoms with van der Waals surface area (Å²) in [6.45, 7) is 4.06. The zero-order valence-electron chi connectivity index (χ0n) is 8.66. The number of pyridine rings is 1. The third kappa shape index (κ3) is 1.43. The summed E-state index contributed by atoms with van der Waals surface area (Å²) < 4.78 is 5.24. The minimum atomic E-state index is 0.708. The number of nitrogens with zero attached hydrogens (tertiary/aromatic N) is 1. The third-order valence-electron chi connectivity index (χ3n) is 2.27. The second kappa shape index (κ2) is 3.29. The number of hydrogen-bond acceptors (Lipinski definition) is 2. The Kier molecular flexibility index (Phi) is 2.12. The summed E-state index contributed by atoms with van der Waals surface area (Å²) in [6, 6.07) is 8.34. The van der Waals surface area contributed by atoms with Crippen molar-refractivity contribution in [2.24, 2.45) is 0 Å². The number of fused-ring (bicyclic) bond motifs is 1. The molecule has 0 amide bonds. The van der Waals surface area contributed by atoms with Crippen LogP contribution in [0.5, 0.6) is 5.88 Å². The molecule has 0 spiro atoms. The second-order valence-electron chi connectivity index (χ2n) is 3.50. The topological polar surface area (TPSA) is 22.1 Å². The molecule has 0 aliphatic carbocycles. The Labute approximate surface area is 83.5 Å². The van der Waals surface area contributed by atoms with E-state index >= 15 is 0 Å². The largest absolute Gasteiger partial charge is 0.481 e. The Bertz CT molecular complexity index is 472. The Balaban J connectivity index is 2.81. The van der Waals surface area contributed by atoms with Gasteiger partial charge in [0.15, 0.2) is 0 Å². The zero-order valence-corrected chi connectivity index (χ0v) is 8.66. The van der Waals surface area contributed by atoms with E-state index < -0.39 is 0 Å². The van der Waals surface area contributed by atoms with Crippen molar-refractivity contribution in [3.05, 3.63) is 35.5 Å². The fraction of sp³-hybridized carbons (Fsp3) is 0.250. The van der Waals surface area contributed by atoms with Gasteiger partial charge in [-0.25, -0.2) is 4.98 Å². The molecule has 0 fully saturated rings. The highest BCUT2D eigenvalue weighted by molar-refractivity contribution is 5.87. The summed E-state index contributed by atoms with van der Waals surface area (Å²) in [7, 11) is 1.65. The van der Waals surface area contributed by atoms with Crippen LogP contribution in [0.3, 0.4) is 0 Å². The van der Waals surface area contributed by atoms with Crippen LogP contribution in [0.1, 0.15) is 11.3 Å². The number of methoxy groups -OCH3 is 1. The summed E-state index contributed by atoms with van der Waals surface area (Å²) in [6.07, 6.45) is 0. The Morgan fingerprint density at radius 1 is 1.14 bits per heavy atom. The molecule has 2 rings (SSSR count). The number of rotatable bonds is 1. The molecule has 2 aromatic rings. The van der Waals surface area contributed by atoms with Crippen LogP contribution in [0, 0.1) is 13.8 Å². The first-order chi connectivity index (χ1) is 6.70. The van der Waals surface area contributed by atoms with Gasteiger partial charge in [-0.05, 0) is 31.4 Å². The van der Waals surface area contributed by atoms with E-state index in [-0.39, 0.29) is 0 Å². The number of aromatic nitrogens is 1. The van der Waals surface area contributed by atoms with Crippen molar-refractivity contribution < 1.29 is 4.74 Å². The van der Waals surface area contributed by atoms with Crippen molar-refractivity contribution in [3.8, 4) is 5.88 Å². The third-order valence-corrected chi connectivity index (χ3v) is 2.27. The summed E-state index contributed by atoms with van der Waals surface area (Å²) in [5.74, 6) is 0.708. The molecule has 0 saturated heterocycles. The molecule has 1 heterocycles. The van der Waals surface area contributed by atoms with E-state index in [2.05, 4.69) is 36.2 Å². The lowest BCUT2D eigenvalue weighted by molar-refractivity contribution is 0.402. The number of ether oxygens (including phenoxy) is 1. The van der Waals surface area contributed by atoms with E-state index in [1.807, 2.05) is 6.92 Å². The molecule has 0 atom stereocenters. The predicted octanol–water partition coefficient (Wildman–Crippen LogP) is 2.86. The van der Waals surface area contributed by atoms with Gasteiger partial charge in [-0.2, -0.15) is 0 Å². The lowest BCUT2D eigenvalue weighted by Crippen LogP contribution is -1.91. The van der Waals surface area contributed by atoms with Gasteiger partial charge in [0.2, 0.25) is 5.88 Å². The standard InChI is InChI=1S/C12H13NO/c1-8-4-5-11-10(6-8)7-9(2)13-12(11)14-3/h4-7H,1-3H3. The molecule has 0 radical (unpaired) electrons. The van der Waals surface area contributed by atoms with Gasteiger partial charge in [0.05, 0.1) is 7.11 Å². The zero-order chi connectivity index (χ0) is 10.1. The molecule has 1 aromatic carbocycles. The van der Waals surface area contributed by atoms with Crippen LogP contribution in [-0.4, -0.2) is 12.1 Å². The average molecular weight is 187 g/mol. The maximum Gasteiger partial charge on any atom is 0.221 e. The second-order valence-corrected chi connectivity index (χ2v) is 3.50. The SMILES string of the molecule is COc1nc(C)cc2cc(C)ccc12. The van der Waals surface area contributed by atoms with E-state index in [0.717, 1.165) is 11.1 Å². The van der Waals surface area contributed by atoms with Crippen LogP contribution in [0.2, 0.25) is 0 Å². The van der Waals surface area contributed by atoms with Crippen LogP contribution in [-0.2, 0) is 0 Å². The summed E-state index contributed by atoms with van der Waals surface area (Å²) in [5.41, 5.74) is 2.24. The molecule has 14 heavy (non-hydrogen) atoms. The van der Waals surface area contributed by atoms with Gasteiger partial charge in [-0.1, -0.05) is 17.7 Å². The van der Waals surface area contributed by atoms with Gasteiger partial charge in [0, 0.05) is 11.1 Å². The minimum absolute atomic E-state index is 0.708. The van der Waals surface area contributed by atoms with Crippen LogP contribution >= 0.6 is 0 Å². The fourth-order valence-electron chi connectivity index (χ4n) is 1.63. The van der Waals surface area contributed by atoms with Crippen molar-refractivity contribution in [2.75, 3.05) is 7.11 Å². The van der Waals surface area contributed by atoms with Crippen LogP contribution < -0.4 is 4.74 Å². The van der Waals surface area contributed by atoms with Gasteiger partial charge >= 0.3 is 0 Å². The maximum atomic E-state index is 5.24. The molecule has 0 N–H and O–H groups in total. The van der Waals surface area contributed by atoms with Crippen LogP contribution in [0.25, 0.3) is 10.8 Å². The minimum Gasteiger partial charge on any atom is -0.481 e. The van der Waals surface area contributed by atoms with E-state index in [1.54, 1.807) is 7.11 Å². The summed E-state index contributed by atoms with van der Waals surface area (Å²) in [4.78, 5) is 4.33. The van der Waals surface area contributed by atoms with Gasteiger partial charge in [0.25, 0.3) is 0 Å². The molecule has 0 saturated carbocycles. The van der Waals surface area contributed by atoms with Gasteiger partial charge in [-0.15, -0.1) is 0 Å². The molecule has 0 unspecified atom stereocenters. The van der Waals surface area contributed by atoms with Crippen LogP contribution in [0.15, 0.2) is 24.3 Å². The Morgan fingerprint density at radius 2 is 1.93 bits per heavy atom. The highest BCUT2D eigenvalue weighted by atomic mass is 16.5. The normalized spacial score (nSPS) is 10.5. The number of hydrogen-bond donors (Lipinski definition) is 0. The molecule has 2 heteroatoms. The molecule has 1 aromatic heterocycles. The van der Waals surface area contributed by atoms with E-state index in [9.17, 15) is 0 Å². The van der Waals surface area contributed by atoms with E-state index in [0.29, 0.717) is 5.88 Å². The molecular weight excluding hydrogens is 174 g/mol. The highest BCUT2D eigenvalue weighted by Gasteiger charge is 2.03. The van der Waals surface area contributed by atoms with Crippen LogP contribution in [0.4, 0.5) is 0 Å². The number of benzene rings is 1. The Morgan fingerprint density at radius 3 is 2.64 bits per heavy atom. The van der Waals surface area contributed by atoms with Crippen molar-refractivity contribution in [1.29, 1.82) is 0 Å².